The van der Waals surface area contributed by atoms with Gasteiger partial charge in [0.15, 0.2) is 5.16 Å². The van der Waals surface area contributed by atoms with Gasteiger partial charge in [0.1, 0.15) is 11.1 Å². The summed E-state index contributed by atoms with van der Waals surface area (Å²) < 4.78 is 37.1. The largest absolute Gasteiger partial charge is 0.402 e. The van der Waals surface area contributed by atoms with E-state index in [1.54, 1.807) is 0 Å². The number of anilines is 1. The van der Waals surface area contributed by atoms with Crippen LogP contribution in [0, 0.1) is 0 Å². The van der Waals surface area contributed by atoms with Gasteiger partial charge in [0.2, 0.25) is 0 Å². The van der Waals surface area contributed by atoms with Crippen molar-refractivity contribution in [2.75, 3.05) is 12.3 Å². The Hall–Kier alpha value is -1.22. The number of nitrogen functional groups attached to an aromatic ring is 1. The van der Waals surface area contributed by atoms with Gasteiger partial charge in [-0.25, -0.2) is 4.98 Å². The fraction of sp³-hybridized carbons (Fsp3) is 0.429. The Kier molecular flexibility index (Phi) is 3.81. The number of halogens is 3. The third-order valence-corrected chi connectivity index (χ3v) is 2.73. The number of nitrogens with two attached hydrogens (primary N) is 2. The SMILES string of the molecule is NCC(Sc1nc(N)cc(=O)[nH]1)C(F)(F)F. The normalized spacial score (nSPS) is 13.8. The molecule has 5 nitrogen and oxygen atoms in total. The lowest BCUT2D eigenvalue weighted by Crippen LogP contribution is -2.33. The molecule has 0 amide bonds. The first-order chi connectivity index (χ1) is 7.32. The summed E-state index contributed by atoms with van der Waals surface area (Å²) in [6.07, 6.45) is -4.46. The summed E-state index contributed by atoms with van der Waals surface area (Å²) in [5.41, 5.74) is 9.62. The fourth-order valence-corrected chi connectivity index (χ4v) is 1.71. The molecule has 0 aliphatic heterocycles. The molecule has 0 aliphatic rings. The van der Waals surface area contributed by atoms with Crippen molar-refractivity contribution in [1.29, 1.82) is 0 Å². The van der Waals surface area contributed by atoms with Crippen molar-refractivity contribution in [1.82, 2.24) is 9.97 Å². The summed E-state index contributed by atoms with van der Waals surface area (Å²) in [5, 5.41) is -2.02. The summed E-state index contributed by atoms with van der Waals surface area (Å²) in [4.78, 5) is 16.6. The molecule has 1 unspecified atom stereocenters. The fourth-order valence-electron chi connectivity index (χ4n) is 0.892. The number of aromatic amines is 1. The predicted octanol–water partition coefficient (Wildman–Crippen LogP) is 0.334. The molecule has 0 saturated carbocycles. The van der Waals surface area contributed by atoms with Gasteiger partial charge in [0.25, 0.3) is 5.56 Å². The van der Waals surface area contributed by atoms with E-state index >= 15 is 0 Å². The average molecular weight is 254 g/mol. The number of H-pyrrole nitrogens is 1. The maximum atomic E-state index is 12.4. The van der Waals surface area contributed by atoms with E-state index in [4.69, 9.17) is 11.5 Å². The Bertz CT molecular complexity index is 419. The molecule has 0 bridgehead atoms. The Morgan fingerprint density at radius 1 is 1.56 bits per heavy atom. The van der Waals surface area contributed by atoms with Crippen molar-refractivity contribution in [2.24, 2.45) is 5.73 Å². The maximum absolute atomic E-state index is 12.4. The molecule has 1 aromatic heterocycles. The van der Waals surface area contributed by atoms with Crippen LogP contribution in [0.3, 0.4) is 0 Å². The average Bonchev–Trinajstić information content (AvgIpc) is 2.10. The molecule has 1 atom stereocenters. The highest BCUT2D eigenvalue weighted by atomic mass is 32.2. The minimum absolute atomic E-state index is 0.135. The summed E-state index contributed by atoms with van der Waals surface area (Å²) in [6, 6.07) is 0.981. The molecule has 0 spiro atoms. The zero-order chi connectivity index (χ0) is 12.3. The topological polar surface area (TPSA) is 97.8 Å². The molecule has 0 aliphatic carbocycles. The van der Waals surface area contributed by atoms with Crippen molar-refractivity contribution in [3.8, 4) is 0 Å². The summed E-state index contributed by atoms with van der Waals surface area (Å²) in [7, 11) is 0. The maximum Gasteiger partial charge on any atom is 0.402 e. The molecular formula is C7H9F3N4OS. The van der Waals surface area contributed by atoms with Gasteiger partial charge in [-0.15, -0.1) is 0 Å². The molecule has 0 aromatic carbocycles. The van der Waals surface area contributed by atoms with E-state index in [1.807, 2.05) is 0 Å². The molecule has 90 valence electrons. The Balaban J connectivity index is 2.90. The number of rotatable bonds is 3. The smallest absolute Gasteiger partial charge is 0.383 e. The van der Waals surface area contributed by atoms with Gasteiger partial charge in [-0.2, -0.15) is 13.2 Å². The van der Waals surface area contributed by atoms with Crippen LogP contribution in [0.25, 0.3) is 0 Å². The highest BCUT2D eigenvalue weighted by Crippen LogP contribution is 2.32. The molecule has 16 heavy (non-hydrogen) atoms. The first-order valence-corrected chi connectivity index (χ1v) is 5.01. The van der Waals surface area contributed by atoms with Crippen molar-refractivity contribution < 1.29 is 13.2 Å². The van der Waals surface area contributed by atoms with E-state index in [0.29, 0.717) is 11.8 Å². The van der Waals surface area contributed by atoms with Crippen molar-refractivity contribution in [3.63, 3.8) is 0 Å². The Morgan fingerprint density at radius 3 is 2.62 bits per heavy atom. The Morgan fingerprint density at radius 2 is 2.19 bits per heavy atom. The molecule has 1 heterocycles. The summed E-state index contributed by atoms with van der Waals surface area (Å²) in [6.45, 7) is -0.604. The zero-order valence-electron chi connectivity index (χ0n) is 7.91. The van der Waals surface area contributed by atoms with Crippen molar-refractivity contribution >= 4 is 17.6 Å². The molecule has 0 radical (unpaired) electrons. The summed E-state index contributed by atoms with van der Waals surface area (Å²) in [5.74, 6) is -0.135. The highest BCUT2D eigenvalue weighted by Gasteiger charge is 2.39. The van der Waals surface area contributed by atoms with E-state index in [9.17, 15) is 18.0 Å². The number of hydrogen-bond acceptors (Lipinski definition) is 5. The number of alkyl halides is 3. The van der Waals surface area contributed by atoms with E-state index in [0.717, 1.165) is 6.07 Å². The number of nitrogens with one attached hydrogen (secondary N) is 1. The zero-order valence-corrected chi connectivity index (χ0v) is 8.73. The Labute approximate surface area is 92.4 Å². The van der Waals surface area contributed by atoms with Crippen molar-refractivity contribution in [2.45, 2.75) is 16.6 Å². The van der Waals surface area contributed by atoms with Crippen LogP contribution in [0.5, 0.6) is 0 Å². The van der Waals surface area contributed by atoms with E-state index < -0.39 is 23.5 Å². The monoisotopic (exact) mass is 254 g/mol. The summed E-state index contributed by atoms with van der Waals surface area (Å²) >= 11 is 0.327. The molecule has 0 saturated heterocycles. The lowest BCUT2D eigenvalue weighted by Gasteiger charge is -2.16. The first kappa shape index (κ1) is 12.8. The standard InChI is InChI=1S/C7H9F3N4OS/c8-7(9,10)3(2-11)16-6-13-4(12)1-5(15)14-6/h1,3H,2,11H2,(H3,12,13,14,15). The lowest BCUT2D eigenvalue weighted by atomic mass is 10.4. The van der Waals surface area contributed by atoms with Gasteiger partial charge in [-0.05, 0) is 0 Å². The third-order valence-electron chi connectivity index (χ3n) is 1.57. The lowest BCUT2D eigenvalue weighted by molar-refractivity contribution is -0.126. The van der Waals surface area contributed by atoms with Crippen LogP contribution < -0.4 is 17.0 Å². The molecule has 1 rings (SSSR count). The van der Waals surface area contributed by atoms with Gasteiger partial charge in [-0.1, -0.05) is 11.8 Å². The minimum Gasteiger partial charge on any atom is -0.383 e. The highest BCUT2D eigenvalue weighted by molar-refractivity contribution is 7.99. The van der Waals surface area contributed by atoms with E-state index in [-0.39, 0.29) is 11.0 Å². The molecule has 5 N–H and O–H groups in total. The molecule has 1 aromatic rings. The van der Waals surface area contributed by atoms with Gasteiger partial charge in [0, 0.05) is 12.6 Å². The second-order valence-electron chi connectivity index (χ2n) is 2.86. The van der Waals surface area contributed by atoms with E-state index in [2.05, 4.69) is 9.97 Å². The minimum atomic E-state index is -4.46. The van der Waals surface area contributed by atoms with Gasteiger partial charge >= 0.3 is 6.18 Å². The van der Waals surface area contributed by atoms with Crippen LogP contribution in [-0.2, 0) is 0 Å². The van der Waals surface area contributed by atoms with Crippen LogP contribution in [0.15, 0.2) is 16.0 Å². The van der Waals surface area contributed by atoms with Gasteiger partial charge in [-0.3, -0.25) is 4.79 Å². The number of nitrogens with zero attached hydrogens (tertiary/aromatic N) is 1. The molecule has 9 heteroatoms. The van der Waals surface area contributed by atoms with E-state index in [1.165, 1.54) is 0 Å². The number of hydrogen-bond donors (Lipinski definition) is 3. The molecular weight excluding hydrogens is 245 g/mol. The first-order valence-electron chi connectivity index (χ1n) is 4.13. The third kappa shape index (κ3) is 3.42. The van der Waals surface area contributed by atoms with Crippen LogP contribution >= 0.6 is 11.8 Å². The van der Waals surface area contributed by atoms with Crippen LogP contribution in [0.2, 0.25) is 0 Å². The quantitative estimate of drug-likeness (QED) is 0.533. The number of aromatic nitrogens is 2. The number of thioether (sulfide) groups is 1. The molecule has 0 fully saturated rings. The predicted molar refractivity (Wildman–Crippen MR) is 54.0 cm³/mol. The van der Waals surface area contributed by atoms with Crippen molar-refractivity contribution in [3.05, 3.63) is 16.4 Å². The van der Waals surface area contributed by atoms with Gasteiger partial charge < -0.3 is 16.5 Å². The van der Waals surface area contributed by atoms with Crippen LogP contribution in [-0.4, -0.2) is 27.9 Å². The van der Waals surface area contributed by atoms with Crippen LogP contribution in [0.1, 0.15) is 0 Å². The second kappa shape index (κ2) is 4.74. The van der Waals surface area contributed by atoms with Crippen LogP contribution in [0.4, 0.5) is 19.0 Å². The van der Waals surface area contributed by atoms with Gasteiger partial charge in [0.05, 0.1) is 0 Å². The second-order valence-corrected chi connectivity index (χ2v) is 4.05.